The van der Waals surface area contributed by atoms with Gasteiger partial charge in [-0.05, 0) is 54.0 Å². The van der Waals surface area contributed by atoms with Crippen molar-refractivity contribution >= 4 is 5.69 Å². The standard InChI is InChI=1S/C18H27N3/c1-11(2)21-16(7)18(15(6)20-21)19-14(5)17-9-12(3)8-13(4)10-17/h8-11,14,19H,1-7H3. The Morgan fingerprint density at radius 2 is 1.52 bits per heavy atom. The monoisotopic (exact) mass is 285 g/mol. The molecule has 1 unspecified atom stereocenters. The van der Waals surface area contributed by atoms with Crippen LogP contribution in [-0.2, 0) is 0 Å². The second-order valence-electron chi connectivity index (χ2n) is 6.37. The molecule has 1 atom stereocenters. The van der Waals surface area contributed by atoms with E-state index in [2.05, 4.69) is 81.8 Å². The molecule has 114 valence electrons. The number of benzene rings is 1. The molecule has 3 nitrogen and oxygen atoms in total. The molecule has 3 heteroatoms. The maximum Gasteiger partial charge on any atom is 0.0828 e. The Morgan fingerprint density at radius 1 is 0.952 bits per heavy atom. The van der Waals surface area contributed by atoms with Crippen LogP contribution in [0.2, 0.25) is 0 Å². The summed E-state index contributed by atoms with van der Waals surface area (Å²) >= 11 is 0. The fourth-order valence-electron chi connectivity index (χ4n) is 2.93. The molecule has 0 bridgehead atoms. The molecule has 0 radical (unpaired) electrons. The molecule has 1 aromatic heterocycles. The van der Waals surface area contributed by atoms with Crippen LogP contribution >= 0.6 is 0 Å². The van der Waals surface area contributed by atoms with Gasteiger partial charge in [0.25, 0.3) is 0 Å². The van der Waals surface area contributed by atoms with Gasteiger partial charge in [0.2, 0.25) is 0 Å². The maximum absolute atomic E-state index is 4.65. The molecule has 0 aliphatic rings. The predicted octanol–water partition coefficient (Wildman–Crippen LogP) is 4.87. The number of anilines is 1. The van der Waals surface area contributed by atoms with Crippen molar-refractivity contribution in [3.8, 4) is 0 Å². The van der Waals surface area contributed by atoms with Crippen molar-refractivity contribution in [3.05, 3.63) is 46.3 Å². The van der Waals surface area contributed by atoms with Gasteiger partial charge in [-0.3, -0.25) is 4.68 Å². The lowest BCUT2D eigenvalue weighted by atomic mass is 10.0. The highest BCUT2D eigenvalue weighted by Gasteiger charge is 2.16. The number of aryl methyl sites for hydroxylation is 3. The van der Waals surface area contributed by atoms with Gasteiger partial charge < -0.3 is 5.32 Å². The largest absolute Gasteiger partial charge is 0.376 e. The summed E-state index contributed by atoms with van der Waals surface area (Å²) < 4.78 is 2.09. The molecule has 0 fully saturated rings. The van der Waals surface area contributed by atoms with Gasteiger partial charge >= 0.3 is 0 Å². The third kappa shape index (κ3) is 3.29. The van der Waals surface area contributed by atoms with Crippen LogP contribution in [0.1, 0.15) is 60.9 Å². The molecular weight excluding hydrogens is 258 g/mol. The lowest BCUT2D eigenvalue weighted by molar-refractivity contribution is 0.516. The smallest absolute Gasteiger partial charge is 0.0828 e. The van der Waals surface area contributed by atoms with E-state index in [-0.39, 0.29) is 6.04 Å². The summed E-state index contributed by atoms with van der Waals surface area (Å²) in [5.41, 5.74) is 7.38. The van der Waals surface area contributed by atoms with Gasteiger partial charge in [-0.25, -0.2) is 0 Å². The normalized spacial score (nSPS) is 12.8. The average molecular weight is 285 g/mol. The van der Waals surface area contributed by atoms with E-state index in [0.717, 1.165) is 11.4 Å². The maximum atomic E-state index is 4.65. The number of nitrogens with zero attached hydrogens (tertiary/aromatic N) is 2. The number of nitrogens with one attached hydrogen (secondary N) is 1. The average Bonchev–Trinajstić information content (AvgIpc) is 2.65. The summed E-state index contributed by atoms with van der Waals surface area (Å²) in [4.78, 5) is 0. The van der Waals surface area contributed by atoms with Crippen molar-refractivity contribution in [3.63, 3.8) is 0 Å². The lowest BCUT2D eigenvalue weighted by Crippen LogP contribution is -2.09. The molecule has 2 rings (SSSR count). The number of hydrogen-bond acceptors (Lipinski definition) is 2. The van der Waals surface area contributed by atoms with Crippen LogP contribution < -0.4 is 5.32 Å². The molecule has 21 heavy (non-hydrogen) atoms. The summed E-state index contributed by atoms with van der Waals surface area (Å²) in [7, 11) is 0. The van der Waals surface area contributed by atoms with Crippen LogP contribution in [0.5, 0.6) is 0 Å². The fraction of sp³-hybridized carbons (Fsp3) is 0.500. The first kappa shape index (κ1) is 15.6. The van der Waals surface area contributed by atoms with E-state index in [9.17, 15) is 0 Å². The summed E-state index contributed by atoms with van der Waals surface area (Å²) in [5, 5.41) is 8.29. The van der Waals surface area contributed by atoms with Gasteiger partial charge in [-0.1, -0.05) is 29.3 Å². The van der Waals surface area contributed by atoms with E-state index < -0.39 is 0 Å². The molecule has 1 N–H and O–H groups in total. The van der Waals surface area contributed by atoms with Crippen molar-refractivity contribution in [2.45, 2.75) is 60.5 Å². The van der Waals surface area contributed by atoms with Crippen molar-refractivity contribution in [1.82, 2.24) is 9.78 Å². The van der Waals surface area contributed by atoms with Crippen molar-refractivity contribution in [2.24, 2.45) is 0 Å². The first-order chi connectivity index (χ1) is 9.79. The van der Waals surface area contributed by atoms with Gasteiger partial charge in [0, 0.05) is 12.1 Å². The molecule has 0 aliphatic heterocycles. The topological polar surface area (TPSA) is 29.9 Å². The minimum absolute atomic E-state index is 0.269. The Morgan fingerprint density at radius 3 is 2.00 bits per heavy atom. The molecule has 0 saturated heterocycles. The summed E-state index contributed by atoms with van der Waals surface area (Å²) in [5.74, 6) is 0. The zero-order valence-corrected chi connectivity index (χ0v) is 14.3. The Bertz CT molecular complexity index is 618. The Labute approximate surface area is 128 Å². The van der Waals surface area contributed by atoms with Crippen LogP contribution in [0.3, 0.4) is 0 Å². The van der Waals surface area contributed by atoms with Gasteiger partial charge in [0.05, 0.1) is 17.1 Å². The molecular formula is C18H27N3. The highest BCUT2D eigenvalue weighted by Crippen LogP contribution is 2.27. The zero-order valence-electron chi connectivity index (χ0n) is 14.3. The van der Waals surface area contributed by atoms with Crippen molar-refractivity contribution in [1.29, 1.82) is 0 Å². The minimum Gasteiger partial charge on any atom is -0.376 e. The summed E-state index contributed by atoms with van der Waals surface area (Å²) in [6.45, 7) is 15.0. The van der Waals surface area contributed by atoms with Gasteiger partial charge in [0.1, 0.15) is 0 Å². The number of hydrogen-bond donors (Lipinski definition) is 1. The molecule has 1 heterocycles. The lowest BCUT2D eigenvalue weighted by Gasteiger charge is -2.18. The molecule has 2 aromatic rings. The molecule has 0 saturated carbocycles. The first-order valence-corrected chi connectivity index (χ1v) is 7.70. The third-order valence-corrected chi connectivity index (χ3v) is 3.92. The predicted molar refractivity (Wildman–Crippen MR) is 90.0 cm³/mol. The SMILES string of the molecule is Cc1cc(C)cc(C(C)Nc2c(C)nn(C(C)C)c2C)c1. The summed E-state index contributed by atoms with van der Waals surface area (Å²) in [6, 6.07) is 7.37. The first-order valence-electron chi connectivity index (χ1n) is 7.70. The highest BCUT2D eigenvalue weighted by molar-refractivity contribution is 5.54. The Balaban J connectivity index is 2.29. The second kappa shape index (κ2) is 5.92. The zero-order chi connectivity index (χ0) is 15.7. The van der Waals surface area contributed by atoms with Gasteiger partial charge in [-0.2, -0.15) is 5.10 Å². The van der Waals surface area contributed by atoms with Crippen molar-refractivity contribution < 1.29 is 0 Å². The second-order valence-corrected chi connectivity index (χ2v) is 6.37. The molecule has 0 amide bonds. The number of rotatable bonds is 4. The van der Waals surface area contributed by atoms with E-state index in [1.807, 2.05) is 0 Å². The fourth-order valence-corrected chi connectivity index (χ4v) is 2.93. The van der Waals surface area contributed by atoms with Crippen LogP contribution in [0.4, 0.5) is 5.69 Å². The summed E-state index contributed by atoms with van der Waals surface area (Å²) in [6.07, 6.45) is 0. The van der Waals surface area contributed by atoms with E-state index in [4.69, 9.17) is 0 Å². The molecule has 0 aliphatic carbocycles. The highest BCUT2D eigenvalue weighted by atomic mass is 15.3. The minimum atomic E-state index is 0.269. The molecule has 1 aromatic carbocycles. The van der Waals surface area contributed by atoms with E-state index in [1.54, 1.807) is 0 Å². The van der Waals surface area contributed by atoms with E-state index >= 15 is 0 Å². The third-order valence-electron chi connectivity index (χ3n) is 3.92. The Hall–Kier alpha value is -1.77. The van der Waals surface area contributed by atoms with Crippen LogP contribution in [-0.4, -0.2) is 9.78 Å². The quantitative estimate of drug-likeness (QED) is 0.868. The van der Waals surface area contributed by atoms with Gasteiger partial charge in [0.15, 0.2) is 0 Å². The van der Waals surface area contributed by atoms with E-state index in [0.29, 0.717) is 6.04 Å². The van der Waals surface area contributed by atoms with Crippen molar-refractivity contribution in [2.75, 3.05) is 5.32 Å². The molecule has 0 spiro atoms. The number of aromatic nitrogens is 2. The van der Waals surface area contributed by atoms with Crippen LogP contribution in [0.15, 0.2) is 18.2 Å². The van der Waals surface area contributed by atoms with Gasteiger partial charge in [-0.15, -0.1) is 0 Å². The van der Waals surface area contributed by atoms with Crippen LogP contribution in [0.25, 0.3) is 0 Å². The Kier molecular flexibility index (Phi) is 4.40. The van der Waals surface area contributed by atoms with Crippen LogP contribution in [0, 0.1) is 27.7 Å². The van der Waals surface area contributed by atoms with E-state index in [1.165, 1.54) is 22.4 Å².